The zero-order valence-corrected chi connectivity index (χ0v) is 11.0. The van der Waals surface area contributed by atoms with Crippen molar-refractivity contribution in [1.82, 2.24) is 26.1 Å². The number of nitrogens with one attached hydrogen (secondary N) is 4. The standard InChI is InChI=1S/C11H19N7/c1-8-10(9(2)18-17-8)6-14-4-5-15-11(13-3)16-7-12/h14H,4-6H2,1-3H3,(H,17,18)(H2,13,15,16). The Kier molecular flexibility index (Phi) is 5.67. The molecule has 0 saturated carbocycles. The Morgan fingerprint density at radius 1 is 1.44 bits per heavy atom. The molecule has 0 fully saturated rings. The lowest BCUT2D eigenvalue weighted by molar-refractivity contribution is 0.665. The molecule has 0 unspecified atom stereocenters. The van der Waals surface area contributed by atoms with Gasteiger partial charge in [-0.3, -0.25) is 15.4 Å². The first-order valence-electron chi connectivity index (χ1n) is 5.76. The van der Waals surface area contributed by atoms with Gasteiger partial charge in [-0.25, -0.2) is 0 Å². The number of aromatic nitrogens is 2. The topological polar surface area (TPSA) is 101 Å². The second kappa shape index (κ2) is 7.29. The number of guanidine groups is 1. The molecule has 0 amide bonds. The highest BCUT2D eigenvalue weighted by atomic mass is 15.2. The highest BCUT2D eigenvalue weighted by molar-refractivity contribution is 5.80. The summed E-state index contributed by atoms with van der Waals surface area (Å²) < 4.78 is 0. The number of aryl methyl sites for hydroxylation is 2. The van der Waals surface area contributed by atoms with Gasteiger partial charge in [-0.05, 0) is 13.8 Å². The first kappa shape index (κ1) is 14.0. The first-order chi connectivity index (χ1) is 8.69. The molecule has 98 valence electrons. The first-order valence-corrected chi connectivity index (χ1v) is 5.76. The Labute approximate surface area is 107 Å². The fourth-order valence-electron chi connectivity index (χ4n) is 1.55. The molecule has 0 spiro atoms. The van der Waals surface area contributed by atoms with Crippen LogP contribution in [0, 0.1) is 25.3 Å². The molecule has 0 radical (unpaired) electrons. The van der Waals surface area contributed by atoms with E-state index in [1.54, 1.807) is 7.05 Å². The molecule has 0 aliphatic heterocycles. The van der Waals surface area contributed by atoms with E-state index < -0.39 is 0 Å². The summed E-state index contributed by atoms with van der Waals surface area (Å²) in [5.41, 5.74) is 3.32. The molecule has 1 heterocycles. The van der Waals surface area contributed by atoms with E-state index in [2.05, 4.69) is 31.1 Å². The average Bonchev–Trinajstić information content (AvgIpc) is 2.68. The SMILES string of the molecule is CN=C(NC#N)NCCNCc1c(C)n[nH]c1C. The maximum absolute atomic E-state index is 8.45. The number of nitriles is 1. The largest absolute Gasteiger partial charge is 0.354 e. The van der Waals surface area contributed by atoms with Crippen molar-refractivity contribution in [3.8, 4) is 6.19 Å². The quantitative estimate of drug-likeness (QED) is 0.190. The molecule has 7 nitrogen and oxygen atoms in total. The van der Waals surface area contributed by atoms with Crippen molar-refractivity contribution < 1.29 is 0 Å². The number of aliphatic imine (C=N–C) groups is 1. The molecule has 0 bridgehead atoms. The van der Waals surface area contributed by atoms with Crippen LogP contribution in [-0.4, -0.2) is 36.3 Å². The second-order valence-electron chi connectivity index (χ2n) is 3.83. The Bertz CT molecular complexity index is 421. The highest BCUT2D eigenvalue weighted by Gasteiger charge is 2.04. The smallest absolute Gasteiger partial charge is 0.204 e. The van der Waals surface area contributed by atoms with E-state index in [0.717, 1.165) is 24.5 Å². The van der Waals surface area contributed by atoms with E-state index in [9.17, 15) is 0 Å². The number of aromatic amines is 1. The minimum Gasteiger partial charge on any atom is -0.354 e. The monoisotopic (exact) mass is 249 g/mol. The molecule has 4 N–H and O–H groups in total. The lowest BCUT2D eigenvalue weighted by atomic mass is 10.2. The van der Waals surface area contributed by atoms with Gasteiger partial charge in [0, 0.05) is 37.9 Å². The third-order valence-corrected chi connectivity index (χ3v) is 2.57. The number of nitrogens with zero attached hydrogens (tertiary/aromatic N) is 3. The lowest BCUT2D eigenvalue weighted by Gasteiger charge is -2.08. The normalized spacial score (nSPS) is 11.1. The van der Waals surface area contributed by atoms with Crippen LogP contribution in [0.3, 0.4) is 0 Å². The van der Waals surface area contributed by atoms with Gasteiger partial charge in [0.2, 0.25) is 5.96 Å². The van der Waals surface area contributed by atoms with Crippen LogP contribution in [0.15, 0.2) is 4.99 Å². The van der Waals surface area contributed by atoms with Gasteiger partial charge < -0.3 is 10.6 Å². The highest BCUT2D eigenvalue weighted by Crippen LogP contribution is 2.07. The number of hydrogen-bond acceptors (Lipinski definition) is 4. The maximum atomic E-state index is 8.45. The summed E-state index contributed by atoms with van der Waals surface area (Å²) in [4.78, 5) is 3.88. The van der Waals surface area contributed by atoms with E-state index in [-0.39, 0.29) is 0 Å². The van der Waals surface area contributed by atoms with Crippen molar-refractivity contribution in [1.29, 1.82) is 5.26 Å². The predicted octanol–water partition coefficient (Wildman–Crippen LogP) is -0.238. The number of rotatable bonds is 5. The van der Waals surface area contributed by atoms with Crippen LogP contribution in [0.4, 0.5) is 0 Å². The third-order valence-electron chi connectivity index (χ3n) is 2.57. The summed E-state index contributed by atoms with van der Waals surface area (Å²) in [6.45, 7) is 6.24. The summed E-state index contributed by atoms with van der Waals surface area (Å²) in [5, 5.41) is 24.3. The van der Waals surface area contributed by atoms with Crippen molar-refractivity contribution >= 4 is 5.96 Å². The summed E-state index contributed by atoms with van der Waals surface area (Å²) in [6, 6.07) is 0. The van der Waals surface area contributed by atoms with Crippen molar-refractivity contribution in [3.63, 3.8) is 0 Å². The summed E-state index contributed by atoms with van der Waals surface area (Å²) in [7, 11) is 1.62. The molecular weight excluding hydrogens is 230 g/mol. The van der Waals surface area contributed by atoms with Crippen molar-refractivity contribution in [3.05, 3.63) is 17.0 Å². The van der Waals surface area contributed by atoms with Gasteiger partial charge in [-0.2, -0.15) is 10.4 Å². The predicted molar refractivity (Wildman–Crippen MR) is 69.9 cm³/mol. The van der Waals surface area contributed by atoms with E-state index in [0.29, 0.717) is 12.5 Å². The number of H-pyrrole nitrogens is 1. The Morgan fingerprint density at radius 3 is 2.78 bits per heavy atom. The molecule has 18 heavy (non-hydrogen) atoms. The molecule has 1 rings (SSSR count). The number of hydrogen-bond donors (Lipinski definition) is 4. The molecule has 0 aliphatic carbocycles. The Morgan fingerprint density at radius 2 is 2.22 bits per heavy atom. The Balaban J connectivity index is 2.22. The van der Waals surface area contributed by atoms with Crippen LogP contribution in [0.25, 0.3) is 0 Å². The second-order valence-corrected chi connectivity index (χ2v) is 3.83. The zero-order chi connectivity index (χ0) is 13.4. The van der Waals surface area contributed by atoms with E-state index >= 15 is 0 Å². The summed E-state index contributed by atoms with van der Waals surface area (Å²) in [5.74, 6) is 0.481. The molecule has 0 aromatic carbocycles. The molecular formula is C11H19N7. The van der Waals surface area contributed by atoms with Gasteiger partial charge in [0.25, 0.3) is 0 Å². The average molecular weight is 249 g/mol. The molecule has 0 saturated heterocycles. The van der Waals surface area contributed by atoms with Crippen molar-refractivity contribution in [2.45, 2.75) is 20.4 Å². The van der Waals surface area contributed by atoms with Gasteiger partial charge in [-0.15, -0.1) is 0 Å². The van der Waals surface area contributed by atoms with Crippen molar-refractivity contribution in [2.75, 3.05) is 20.1 Å². The van der Waals surface area contributed by atoms with Gasteiger partial charge in [0.05, 0.1) is 5.69 Å². The Hall–Kier alpha value is -2.07. The van der Waals surface area contributed by atoms with Gasteiger partial charge in [0.15, 0.2) is 6.19 Å². The van der Waals surface area contributed by atoms with E-state index in [1.807, 2.05) is 20.0 Å². The fourth-order valence-corrected chi connectivity index (χ4v) is 1.55. The summed E-state index contributed by atoms with van der Waals surface area (Å²) in [6.07, 6.45) is 1.82. The van der Waals surface area contributed by atoms with Crippen LogP contribution in [-0.2, 0) is 6.54 Å². The fraction of sp³-hybridized carbons (Fsp3) is 0.545. The maximum Gasteiger partial charge on any atom is 0.204 e. The van der Waals surface area contributed by atoms with Crippen molar-refractivity contribution in [2.24, 2.45) is 4.99 Å². The van der Waals surface area contributed by atoms with Gasteiger partial charge >= 0.3 is 0 Å². The molecule has 7 heteroatoms. The van der Waals surface area contributed by atoms with Gasteiger partial charge in [0.1, 0.15) is 0 Å². The lowest BCUT2D eigenvalue weighted by Crippen LogP contribution is -2.38. The van der Waals surface area contributed by atoms with Crippen LogP contribution in [0.2, 0.25) is 0 Å². The molecule has 0 atom stereocenters. The molecule has 1 aromatic rings. The van der Waals surface area contributed by atoms with E-state index in [4.69, 9.17) is 5.26 Å². The van der Waals surface area contributed by atoms with Crippen LogP contribution in [0.1, 0.15) is 17.0 Å². The molecule has 0 aliphatic rings. The minimum atomic E-state index is 0.481. The third kappa shape index (κ3) is 4.07. The van der Waals surface area contributed by atoms with Gasteiger partial charge in [-0.1, -0.05) is 0 Å². The van der Waals surface area contributed by atoms with Crippen LogP contribution < -0.4 is 16.0 Å². The minimum absolute atomic E-state index is 0.481. The summed E-state index contributed by atoms with van der Waals surface area (Å²) >= 11 is 0. The zero-order valence-electron chi connectivity index (χ0n) is 11.0. The van der Waals surface area contributed by atoms with Crippen LogP contribution >= 0.6 is 0 Å². The molecule has 1 aromatic heterocycles. The van der Waals surface area contributed by atoms with Crippen LogP contribution in [0.5, 0.6) is 0 Å². The van der Waals surface area contributed by atoms with E-state index in [1.165, 1.54) is 5.56 Å².